The zero-order chi connectivity index (χ0) is 39.8. The Kier molecular flexibility index (Phi) is 15.2. The molecule has 4 aliphatic heterocycles. The number of carbonyl (C=O) groups excluding carboxylic acids is 4. The Hall–Kier alpha value is -3.40. The van der Waals surface area contributed by atoms with Crippen molar-refractivity contribution >= 4 is 23.9 Å². The fraction of sp³-hybridized carbons (Fsp3) is 0.700. The molecule has 0 radical (unpaired) electrons. The van der Waals surface area contributed by atoms with E-state index in [9.17, 15) is 34.5 Å². The predicted octanol–water partition coefficient (Wildman–Crippen LogP) is 2.91. The van der Waals surface area contributed by atoms with E-state index in [4.69, 9.17) is 18.9 Å². The molecule has 10 atom stereocenters. The second-order valence-corrected chi connectivity index (χ2v) is 15.7. The SMILES string of the molecule is CC[C@H](O)[C@@H](C)[C@H]1O[C@@H]1CC(C)(O)/C=C/C=C(\C)C1OC(=O)CC(O)CCC(C)(OC)C(OC(=O)N2CCN(CCN3C(=O)C=CC3=O)CC2)C=CC1C. The molecule has 4 heterocycles. The molecule has 4 rings (SSSR count). The zero-order valence-corrected chi connectivity index (χ0v) is 32.9. The highest BCUT2D eigenvalue weighted by atomic mass is 16.6. The van der Waals surface area contributed by atoms with Crippen molar-refractivity contribution in [3.05, 3.63) is 48.1 Å². The second-order valence-electron chi connectivity index (χ2n) is 15.7. The number of hydrogen-bond acceptors (Lipinski definition) is 12. The largest absolute Gasteiger partial charge is 0.457 e. The number of nitrogens with zero attached hydrogens (tertiary/aromatic N) is 3. The molecular formula is C40H61N3O11. The van der Waals surface area contributed by atoms with Gasteiger partial charge in [-0.3, -0.25) is 24.2 Å². The molecule has 14 nitrogen and oxygen atoms in total. The van der Waals surface area contributed by atoms with Gasteiger partial charge in [-0.2, -0.15) is 0 Å². The number of epoxide rings is 1. The summed E-state index contributed by atoms with van der Waals surface area (Å²) >= 11 is 0. The van der Waals surface area contributed by atoms with Crippen molar-refractivity contribution in [2.24, 2.45) is 11.8 Å². The topological polar surface area (TPSA) is 179 Å². The molecular weight excluding hydrogens is 698 g/mol. The molecule has 0 bridgehead atoms. The summed E-state index contributed by atoms with van der Waals surface area (Å²) in [6.07, 6.45) is 8.79. The summed E-state index contributed by atoms with van der Waals surface area (Å²) in [7, 11) is 1.52. The van der Waals surface area contributed by atoms with E-state index in [1.165, 1.54) is 24.2 Å². The Balaban J connectivity index is 1.42. The van der Waals surface area contributed by atoms with E-state index >= 15 is 0 Å². The van der Waals surface area contributed by atoms with Crippen LogP contribution >= 0.6 is 0 Å². The molecule has 14 heteroatoms. The number of cyclic esters (lactones) is 1. The number of hydrogen-bond donors (Lipinski definition) is 3. The Morgan fingerprint density at radius 3 is 2.43 bits per heavy atom. The van der Waals surface area contributed by atoms with Crippen molar-refractivity contribution in [3.8, 4) is 0 Å². The number of piperazine rings is 1. The van der Waals surface area contributed by atoms with Crippen LogP contribution in [0.5, 0.6) is 0 Å². The molecule has 0 aliphatic carbocycles. The lowest BCUT2D eigenvalue weighted by Gasteiger charge is -2.39. The van der Waals surface area contributed by atoms with Gasteiger partial charge in [-0.05, 0) is 51.7 Å². The van der Waals surface area contributed by atoms with Crippen LogP contribution in [0.3, 0.4) is 0 Å². The number of aliphatic hydroxyl groups is 3. The zero-order valence-electron chi connectivity index (χ0n) is 32.9. The number of imide groups is 1. The highest BCUT2D eigenvalue weighted by Gasteiger charge is 2.47. The monoisotopic (exact) mass is 759 g/mol. The van der Waals surface area contributed by atoms with Gasteiger partial charge < -0.3 is 39.2 Å². The van der Waals surface area contributed by atoms with Crippen molar-refractivity contribution in [2.75, 3.05) is 46.4 Å². The summed E-state index contributed by atoms with van der Waals surface area (Å²) in [6.45, 7) is 13.8. The summed E-state index contributed by atoms with van der Waals surface area (Å²) in [5, 5.41) is 32.1. The number of aliphatic hydroxyl groups excluding tert-OH is 2. The minimum Gasteiger partial charge on any atom is -0.457 e. The number of ether oxygens (including phenoxy) is 4. The van der Waals surface area contributed by atoms with Gasteiger partial charge in [0.05, 0.1) is 36.4 Å². The fourth-order valence-electron chi connectivity index (χ4n) is 7.24. The standard InChI is InChI=1S/C40H61N3O11/c1-8-30(45)28(4)37-31(52-37)25-39(5,50)16-9-10-26(2)36-27(3)11-12-32(40(6,51-7)17-15-29(44)24-35(48)54-36)53-38(49)42-21-18-41(19-22-42)20-23-43-33(46)13-14-34(43)47/h9-14,16,27-32,36-37,44-45,50H,8,15,17-25H2,1-7H3/b12-11?,16-9+,26-10+/t27?,28-,29?,30+,31-,32?,36?,37-,39?,40?/m1/s1. The van der Waals surface area contributed by atoms with Crippen molar-refractivity contribution in [1.82, 2.24) is 14.7 Å². The van der Waals surface area contributed by atoms with E-state index in [1.807, 2.05) is 40.7 Å². The molecule has 6 unspecified atom stereocenters. The van der Waals surface area contributed by atoms with Crippen molar-refractivity contribution in [2.45, 2.75) is 121 Å². The van der Waals surface area contributed by atoms with Crippen molar-refractivity contribution in [1.29, 1.82) is 0 Å². The Morgan fingerprint density at radius 2 is 1.80 bits per heavy atom. The molecule has 0 aromatic carbocycles. The van der Waals surface area contributed by atoms with Gasteiger partial charge in [0.1, 0.15) is 11.7 Å². The molecule has 0 saturated carbocycles. The van der Waals surface area contributed by atoms with E-state index in [1.54, 1.807) is 36.1 Å². The smallest absolute Gasteiger partial charge is 0.410 e. The third kappa shape index (κ3) is 11.8. The van der Waals surface area contributed by atoms with Crippen LogP contribution < -0.4 is 0 Å². The fourth-order valence-corrected chi connectivity index (χ4v) is 7.24. The minimum atomic E-state index is -1.17. The van der Waals surface area contributed by atoms with Crippen LogP contribution in [0.1, 0.15) is 73.6 Å². The van der Waals surface area contributed by atoms with E-state index in [0.29, 0.717) is 57.6 Å². The number of rotatable bonds is 13. The first kappa shape index (κ1) is 43.3. The van der Waals surface area contributed by atoms with Gasteiger partial charge in [0, 0.05) is 76.8 Å². The summed E-state index contributed by atoms with van der Waals surface area (Å²) in [4.78, 5) is 55.2. The third-order valence-corrected chi connectivity index (χ3v) is 11.2. The molecule has 4 aliphatic rings. The lowest BCUT2D eigenvalue weighted by Crippen LogP contribution is -2.52. The molecule has 302 valence electrons. The first-order valence-corrected chi connectivity index (χ1v) is 19.2. The quantitative estimate of drug-likeness (QED) is 0.0824. The van der Waals surface area contributed by atoms with E-state index in [2.05, 4.69) is 4.90 Å². The third-order valence-electron chi connectivity index (χ3n) is 11.2. The summed E-state index contributed by atoms with van der Waals surface area (Å²) in [5.74, 6) is -1.59. The van der Waals surface area contributed by atoms with Crippen LogP contribution in [-0.4, -0.2) is 148 Å². The number of amides is 3. The minimum absolute atomic E-state index is 0.0243. The first-order chi connectivity index (χ1) is 25.5. The van der Waals surface area contributed by atoms with Crippen molar-refractivity contribution in [3.63, 3.8) is 0 Å². The summed E-state index contributed by atoms with van der Waals surface area (Å²) in [6, 6.07) is 0. The molecule has 3 N–H and O–H groups in total. The van der Waals surface area contributed by atoms with E-state index in [0.717, 1.165) is 0 Å². The lowest BCUT2D eigenvalue weighted by atomic mass is 9.88. The highest BCUT2D eigenvalue weighted by molar-refractivity contribution is 6.12. The Bertz CT molecular complexity index is 1430. The molecule has 0 aromatic rings. The van der Waals surface area contributed by atoms with Gasteiger partial charge in [-0.1, -0.05) is 45.1 Å². The van der Waals surface area contributed by atoms with Crippen LogP contribution in [0.15, 0.2) is 48.1 Å². The number of methoxy groups -OCH3 is 1. The van der Waals surface area contributed by atoms with Crippen LogP contribution in [0.25, 0.3) is 0 Å². The van der Waals surface area contributed by atoms with Gasteiger partial charge in [-0.25, -0.2) is 4.79 Å². The van der Waals surface area contributed by atoms with Gasteiger partial charge in [0.25, 0.3) is 11.8 Å². The molecule has 3 amide bonds. The van der Waals surface area contributed by atoms with Crippen LogP contribution in [0.2, 0.25) is 0 Å². The lowest BCUT2D eigenvalue weighted by molar-refractivity contribution is -0.151. The van der Waals surface area contributed by atoms with Gasteiger partial charge in [0.2, 0.25) is 0 Å². The first-order valence-electron chi connectivity index (χ1n) is 19.2. The summed E-state index contributed by atoms with van der Waals surface area (Å²) in [5.41, 5.74) is -1.49. The Morgan fingerprint density at radius 1 is 1.13 bits per heavy atom. The number of carbonyl (C=O) groups is 4. The molecule has 54 heavy (non-hydrogen) atoms. The van der Waals surface area contributed by atoms with Gasteiger partial charge in [0.15, 0.2) is 6.10 Å². The molecule has 2 saturated heterocycles. The van der Waals surface area contributed by atoms with Crippen LogP contribution in [0.4, 0.5) is 4.79 Å². The van der Waals surface area contributed by atoms with Crippen LogP contribution in [0, 0.1) is 11.8 Å². The maximum absolute atomic E-state index is 13.5. The maximum Gasteiger partial charge on any atom is 0.410 e. The van der Waals surface area contributed by atoms with Gasteiger partial charge >= 0.3 is 12.1 Å². The molecule has 2 fully saturated rings. The Labute approximate surface area is 319 Å². The molecule has 0 aromatic heterocycles. The van der Waals surface area contributed by atoms with E-state index < -0.39 is 47.7 Å². The van der Waals surface area contributed by atoms with Crippen molar-refractivity contribution < 1.29 is 53.4 Å². The molecule has 0 spiro atoms. The predicted molar refractivity (Wildman–Crippen MR) is 200 cm³/mol. The van der Waals surface area contributed by atoms with E-state index in [-0.39, 0.29) is 55.2 Å². The number of esters is 1. The maximum atomic E-state index is 13.5. The number of allylic oxidation sites excluding steroid dienone is 2. The highest BCUT2D eigenvalue weighted by Crippen LogP contribution is 2.37. The average molecular weight is 760 g/mol. The summed E-state index contributed by atoms with van der Waals surface area (Å²) < 4.78 is 23.7. The normalized spacial score (nSPS) is 32.6. The average Bonchev–Trinajstić information content (AvgIpc) is 3.82. The second kappa shape index (κ2) is 19.0. The van der Waals surface area contributed by atoms with Crippen LogP contribution in [-0.2, 0) is 33.3 Å². The van der Waals surface area contributed by atoms with Gasteiger partial charge in [-0.15, -0.1) is 0 Å².